The third kappa shape index (κ3) is 3.16. The van der Waals surface area contributed by atoms with Gasteiger partial charge in [0.05, 0.1) is 0 Å². The molecule has 0 saturated heterocycles. The van der Waals surface area contributed by atoms with Crippen LogP contribution in [0.5, 0.6) is 5.75 Å². The van der Waals surface area contributed by atoms with Crippen LogP contribution in [0.4, 0.5) is 0 Å². The summed E-state index contributed by atoms with van der Waals surface area (Å²) in [6.07, 6.45) is 1.08. The summed E-state index contributed by atoms with van der Waals surface area (Å²) in [6.45, 7) is 2.01. The number of unbranched alkanes of at least 4 members (excludes halogenated alkanes) is 1. The molecule has 0 aliphatic rings. The fourth-order valence-electron chi connectivity index (χ4n) is 2.07. The van der Waals surface area contributed by atoms with Gasteiger partial charge in [-0.05, 0) is 17.9 Å². The molecule has 0 heterocycles. The molecule has 0 spiro atoms. The summed E-state index contributed by atoms with van der Waals surface area (Å²) < 4.78 is 5.63. The van der Waals surface area contributed by atoms with Gasteiger partial charge in [-0.1, -0.05) is 49.7 Å². The van der Waals surface area contributed by atoms with E-state index in [2.05, 4.69) is 0 Å². The van der Waals surface area contributed by atoms with Crippen LogP contribution in [0.15, 0.2) is 42.5 Å². The van der Waals surface area contributed by atoms with Crippen molar-refractivity contribution in [3.05, 3.63) is 42.5 Å². The highest BCUT2D eigenvalue weighted by atomic mass is 16.5. The minimum atomic E-state index is -1.02. The highest BCUT2D eigenvalue weighted by Crippen LogP contribution is 2.26. The second kappa shape index (κ2) is 6.72. The Balaban J connectivity index is 2.22. The quantitative estimate of drug-likeness (QED) is 0.798. The van der Waals surface area contributed by atoms with Gasteiger partial charge in [-0.3, -0.25) is 4.79 Å². The summed E-state index contributed by atoms with van der Waals surface area (Å²) in [5.74, 6) is 0.432. The zero-order chi connectivity index (χ0) is 14.4. The first kappa shape index (κ1) is 14.1. The maximum atomic E-state index is 11.9. The van der Waals surface area contributed by atoms with E-state index < -0.39 is 6.10 Å². The lowest BCUT2D eigenvalue weighted by molar-refractivity contribution is -0.123. The van der Waals surface area contributed by atoms with Gasteiger partial charge in [0.25, 0.3) is 0 Å². The van der Waals surface area contributed by atoms with Crippen LogP contribution in [-0.4, -0.2) is 11.9 Å². The lowest BCUT2D eigenvalue weighted by Gasteiger charge is -2.13. The Hall–Kier alpha value is -2.34. The number of ketones is 1. The molecule has 2 aromatic rings. The number of nitriles is 1. The second-order valence-corrected chi connectivity index (χ2v) is 4.67. The topological polar surface area (TPSA) is 50.1 Å². The average Bonchev–Trinajstić information content (AvgIpc) is 2.50. The highest BCUT2D eigenvalue weighted by molar-refractivity contribution is 5.90. The van der Waals surface area contributed by atoms with Crippen molar-refractivity contribution < 1.29 is 9.53 Å². The van der Waals surface area contributed by atoms with E-state index in [1.54, 1.807) is 6.07 Å². The standard InChI is InChI=1S/C17H17NO2/c1-2-3-10-15(19)17(12-18)20-16-11-6-8-13-7-4-5-9-14(13)16/h4-9,11,17H,2-3,10H2,1H3. The van der Waals surface area contributed by atoms with Crippen molar-refractivity contribution in [2.24, 2.45) is 0 Å². The van der Waals surface area contributed by atoms with Crippen LogP contribution in [0, 0.1) is 11.3 Å². The second-order valence-electron chi connectivity index (χ2n) is 4.67. The summed E-state index contributed by atoms with van der Waals surface area (Å²) in [4.78, 5) is 11.9. The molecule has 0 aliphatic carbocycles. The Bertz CT molecular complexity index is 637. The van der Waals surface area contributed by atoms with Gasteiger partial charge < -0.3 is 4.74 Å². The molecule has 0 aliphatic heterocycles. The van der Waals surface area contributed by atoms with Crippen molar-refractivity contribution in [2.75, 3.05) is 0 Å². The molecule has 0 saturated carbocycles. The summed E-state index contributed by atoms with van der Waals surface area (Å²) in [5, 5.41) is 11.1. The molecule has 0 aromatic heterocycles. The van der Waals surface area contributed by atoms with E-state index in [1.165, 1.54) is 0 Å². The number of carbonyl (C=O) groups excluding carboxylic acids is 1. The molecular formula is C17H17NO2. The van der Waals surface area contributed by atoms with E-state index in [0.29, 0.717) is 12.2 Å². The molecule has 1 atom stereocenters. The molecule has 1 unspecified atom stereocenters. The maximum absolute atomic E-state index is 11.9. The van der Waals surface area contributed by atoms with Crippen LogP contribution >= 0.6 is 0 Å². The van der Waals surface area contributed by atoms with E-state index in [1.807, 2.05) is 49.4 Å². The van der Waals surface area contributed by atoms with Crippen LogP contribution in [0.25, 0.3) is 10.8 Å². The maximum Gasteiger partial charge on any atom is 0.241 e. The van der Waals surface area contributed by atoms with Crippen molar-refractivity contribution in [3.8, 4) is 11.8 Å². The van der Waals surface area contributed by atoms with Crippen LogP contribution in [0.3, 0.4) is 0 Å². The van der Waals surface area contributed by atoms with E-state index in [-0.39, 0.29) is 5.78 Å². The number of hydrogen-bond acceptors (Lipinski definition) is 3. The van der Waals surface area contributed by atoms with Crippen LogP contribution in [0.2, 0.25) is 0 Å². The molecular weight excluding hydrogens is 250 g/mol. The Morgan fingerprint density at radius 1 is 1.25 bits per heavy atom. The van der Waals surface area contributed by atoms with Crippen molar-refractivity contribution in [2.45, 2.75) is 32.3 Å². The number of carbonyl (C=O) groups is 1. The van der Waals surface area contributed by atoms with E-state index >= 15 is 0 Å². The number of nitrogens with zero attached hydrogens (tertiary/aromatic N) is 1. The minimum absolute atomic E-state index is 0.151. The summed E-state index contributed by atoms with van der Waals surface area (Å²) in [6, 6.07) is 15.3. The average molecular weight is 267 g/mol. The van der Waals surface area contributed by atoms with Gasteiger partial charge in [-0.2, -0.15) is 5.26 Å². The van der Waals surface area contributed by atoms with Crippen LogP contribution in [-0.2, 0) is 4.79 Å². The Morgan fingerprint density at radius 2 is 2.00 bits per heavy atom. The third-order valence-electron chi connectivity index (χ3n) is 3.18. The van der Waals surface area contributed by atoms with Crippen LogP contribution in [0.1, 0.15) is 26.2 Å². The molecule has 2 rings (SSSR count). The smallest absolute Gasteiger partial charge is 0.241 e. The largest absolute Gasteiger partial charge is 0.467 e. The van der Waals surface area contributed by atoms with Crippen LogP contribution < -0.4 is 4.74 Å². The molecule has 20 heavy (non-hydrogen) atoms. The zero-order valence-corrected chi connectivity index (χ0v) is 11.5. The van der Waals surface area contributed by atoms with E-state index in [0.717, 1.165) is 23.6 Å². The first-order valence-electron chi connectivity index (χ1n) is 6.83. The summed E-state index contributed by atoms with van der Waals surface area (Å²) in [7, 11) is 0. The molecule has 3 heteroatoms. The first-order valence-corrected chi connectivity index (χ1v) is 6.83. The minimum Gasteiger partial charge on any atom is -0.467 e. The van der Waals surface area contributed by atoms with Crippen molar-refractivity contribution in [1.29, 1.82) is 5.26 Å². The normalized spacial score (nSPS) is 11.8. The Kier molecular flexibility index (Phi) is 4.73. The first-order chi connectivity index (χ1) is 9.76. The SMILES string of the molecule is CCCCC(=O)C(C#N)Oc1cccc2ccccc12. The number of fused-ring (bicyclic) bond motifs is 1. The highest BCUT2D eigenvalue weighted by Gasteiger charge is 2.19. The monoisotopic (exact) mass is 267 g/mol. The molecule has 0 N–H and O–H groups in total. The lowest BCUT2D eigenvalue weighted by Crippen LogP contribution is -2.25. The predicted octanol–water partition coefficient (Wildman–Crippen LogP) is 3.87. The van der Waals surface area contributed by atoms with Crippen molar-refractivity contribution in [3.63, 3.8) is 0 Å². The summed E-state index contributed by atoms with van der Waals surface area (Å²) in [5.41, 5.74) is 0. The number of hydrogen-bond donors (Lipinski definition) is 0. The fraction of sp³-hybridized carbons (Fsp3) is 0.294. The number of Topliss-reactive ketones (excluding diaryl/α,β-unsaturated/α-hetero) is 1. The Labute approximate surface area is 118 Å². The predicted molar refractivity (Wildman–Crippen MR) is 78.5 cm³/mol. The molecule has 3 nitrogen and oxygen atoms in total. The lowest BCUT2D eigenvalue weighted by atomic mass is 10.1. The molecule has 0 radical (unpaired) electrons. The number of ether oxygens (including phenoxy) is 1. The van der Waals surface area contributed by atoms with Crippen molar-refractivity contribution >= 4 is 16.6 Å². The van der Waals surface area contributed by atoms with Gasteiger partial charge in [0.15, 0.2) is 5.78 Å². The van der Waals surface area contributed by atoms with Crippen molar-refractivity contribution in [1.82, 2.24) is 0 Å². The third-order valence-corrected chi connectivity index (χ3v) is 3.18. The van der Waals surface area contributed by atoms with Gasteiger partial charge >= 0.3 is 0 Å². The number of benzene rings is 2. The van der Waals surface area contributed by atoms with Gasteiger partial charge in [0.2, 0.25) is 6.10 Å². The van der Waals surface area contributed by atoms with E-state index in [9.17, 15) is 4.79 Å². The van der Waals surface area contributed by atoms with Gasteiger partial charge in [0, 0.05) is 11.8 Å². The van der Waals surface area contributed by atoms with Gasteiger partial charge in [-0.25, -0.2) is 0 Å². The van der Waals surface area contributed by atoms with E-state index in [4.69, 9.17) is 10.00 Å². The zero-order valence-electron chi connectivity index (χ0n) is 11.5. The summed E-state index contributed by atoms with van der Waals surface area (Å²) >= 11 is 0. The number of rotatable bonds is 6. The molecule has 0 fully saturated rings. The molecule has 102 valence electrons. The van der Waals surface area contributed by atoms with Gasteiger partial charge in [-0.15, -0.1) is 0 Å². The molecule has 0 amide bonds. The van der Waals surface area contributed by atoms with Gasteiger partial charge in [0.1, 0.15) is 11.8 Å². The molecule has 0 bridgehead atoms. The fourth-order valence-corrected chi connectivity index (χ4v) is 2.07. The molecule has 2 aromatic carbocycles. The Morgan fingerprint density at radius 3 is 2.75 bits per heavy atom.